The minimum atomic E-state index is -0.292. The number of halogens is 2. The van der Waals surface area contributed by atoms with Crippen LogP contribution < -0.4 is 5.32 Å². The molecule has 0 atom stereocenters. The van der Waals surface area contributed by atoms with Gasteiger partial charge in [-0.15, -0.1) is 0 Å². The number of benzene rings is 1. The van der Waals surface area contributed by atoms with Crippen LogP contribution in [0.2, 0.25) is 10.0 Å². The molecule has 1 aromatic heterocycles. The van der Waals surface area contributed by atoms with E-state index < -0.39 is 0 Å². The number of carbonyl (C=O) groups excluding carboxylic acids is 2. The molecular formula is C18H21Cl2N3O3. The van der Waals surface area contributed by atoms with Crippen LogP contribution in [0.5, 0.6) is 0 Å². The molecule has 2 aromatic rings. The lowest BCUT2D eigenvalue weighted by Gasteiger charge is -2.20. The van der Waals surface area contributed by atoms with Crippen molar-refractivity contribution < 1.29 is 14.0 Å². The highest BCUT2D eigenvalue weighted by molar-refractivity contribution is 6.42. The van der Waals surface area contributed by atoms with E-state index in [4.69, 9.17) is 27.6 Å². The van der Waals surface area contributed by atoms with Crippen LogP contribution in [0.3, 0.4) is 0 Å². The van der Waals surface area contributed by atoms with Gasteiger partial charge in [0.05, 0.1) is 16.6 Å². The minimum Gasteiger partial charge on any atom is -0.446 e. The summed E-state index contributed by atoms with van der Waals surface area (Å²) in [6.07, 6.45) is 2.89. The fraction of sp³-hybridized carbons (Fsp3) is 0.389. The average Bonchev–Trinajstić information content (AvgIpc) is 3.09. The van der Waals surface area contributed by atoms with Crippen LogP contribution in [0.1, 0.15) is 53.4 Å². The molecule has 0 aliphatic rings. The molecule has 0 unspecified atom stereocenters. The maximum absolute atomic E-state index is 12.8. The third-order valence-corrected chi connectivity index (χ3v) is 4.33. The number of rotatable bonds is 8. The summed E-state index contributed by atoms with van der Waals surface area (Å²) in [7, 11) is 0. The number of aromatic nitrogens is 1. The number of hydrogen-bond acceptors (Lipinski definition) is 4. The van der Waals surface area contributed by atoms with Gasteiger partial charge in [-0.05, 0) is 31.0 Å². The lowest BCUT2D eigenvalue weighted by molar-refractivity contribution is 0.0728. The van der Waals surface area contributed by atoms with Gasteiger partial charge in [-0.25, -0.2) is 4.98 Å². The normalized spacial score (nSPS) is 10.6. The smallest absolute Gasteiger partial charge is 0.273 e. The van der Waals surface area contributed by atoms with Crippen molar-refractivity contribution in [2.75, 3.05) is 13.1 Å². The van der Waals surface area contributed by atoms with Crippen LogP contribution >= 0.6 is 23.2 Å². The molecule has 1 N–H and O–H groups in total. The molecule has 0 saturated heterocycles. The van der Waals surface area contributed by atoms with Crippen molar-refractivity contribution >= 4 is 35.0 Å². The summed E-state index contributed by atoms with van der Waals surface area (Å²) in [5.41, 5.74) is 0.632. The van der Waals surface area contributed by atoms with Crippen LogP contribution in [-0.2, 0) is 6.54 Å². The molecule has 0 saturated carbocycles. The van der Waals surface area contributed by atoms with Gasteiger partial charge < -0.3 is 14.6 Å². The van der Waals surface area contributed by atoms with E-state index in [2.05, 4.69) is 10.3 Å². The summed E-state index contributed by atoms with van der Waals surface area (Å²) in [5, 5.41) is 3.44. The van der Waals surface area contributed by atoms with Gasteiger partial charge >= 0.3 is 0 Å². The fourth-order valence-electron chi connectivity index (χ4n) is 2.31. The molecule has 140 valence electrons. The largest absolute Gasteiger partial charge is 0.446 e. The monoisotopic (exact) mass is 397 g/mol. The van der Waals surface area contributed by atoms with E-state index in [0.29, 0.717) is 34.6 Å². The first-order valence-electron chi connectivity index (χ1n) is 8.43. The van der Waals surface area contributed by atoms with Crippen LogP contribution in [0, 0.1) is 0 Å². The highest BCUT2D eigenvalue weighted by Crippen LogP contribution is 2.23. The topological polar surface area (TPSA) is 75.4 Å². The Labute approximate surface area is 162 Å². The van der Waals surface area contributed by atoms with E-state index in [1.807, 2.05) is 13.8 Å². The maximum Gasteiger partial charge on any atom is 0.273 e. The van der Waals surface area contributed by atoms with Gasteiger partial charge in [0.15, 0.2) is 5.69 Å². The first-order chi connectivity index (χ1) is 12.5. The molecule has 0 aliphatic heterocycles. The van der Waals surface area contributed by atoms with Crippen molar-refractivity contribution in [1.82, 2.24) is 15.2 Å². The first-order valence-corrected chi connectivity index (χ1v) is 9.18. The van der Waals surface area contributed by atoms with Crippen LogP contribution in [0.15, 0.2) is 28.9 Å². The third kappa shape index (κ3) is 5.22. The Kier molecular flexibility index (Phi) is 7.48. The third-order valence-electron chi connectivity index (χ3n) is 3.59. The quantitative estimate of drug-likeness (QED) is 0.724. The molecule has 2 rings (SSSR count). The Morgan fingerprint density at radius 2 is 1.96 bits per heavy atom. The van der Waals surface area contributed by atoms with Gasteiger partial charge in [-0.3, -0.25) is 9.59 Å². The van der Waals surface area contributed by atoms with Crippen molar-refractivity contribution in [1.29, 1.82) is 0 Å². The molecule has 6 nitrogen and oxygen atoms in total. The van der Waals surface area contributed by atoms with E-state index in [1.54, 1.807) is 17.0 Å². The SMILES string of the molecule is CCCNC(=O)c1coc(CN(CCC)C(=O)c2ccc(Cl)c(Cl)c2)n1. The summed E-state index contributed by atoms with van der Waals surface area (Å²) < 4.78 is 5.36. The molecule has 1 aromatic carbocycles. The van der Waals surface area contributed by atoms with Crippen molar-refractivity contribution in [2.45, 2.75) is 33.2 Å². The number of nitrogens with zero attached hydrogens (tertiary/aromatic N) is 2. The van der Waals surface area contributed by atoms with Crippen molar-refractivity contribution in [3.05, 3.63) is 51.7 Å². The first kappa shape index (κ1) is 20.3. The van der Waals surface area contributed by atoms with Gasteiger partial charge in [-0.1, -0.05) is 37.0 Å². The number of oxazole rings is 1. The Bertz CT molecular complexity index is 777. The van der Waals surface area contributed by atoms with Crippen molar-refractivity contribution in [3.8, 4) is 0 Å². The van der Waals surface area contributed by atoms with E-state index >= 15 is 0 Å². The number of nitrogens with one attached hydrogen (secondary N) is 1. The maximum atomic E-state index is 12.8. The lowest BCUT2D eigenvalue weighted by Crippen LogP contribution is -2.31. The molecule has 0 spiro atoms. The van der Waals surface area contributed by atoms with Gasteiger partial charge in [0.1, 0.15) is 6.26 Å². The average molecular weight is 398 g/mol. The van der Waals surface area contributed by atoms with Gasteiger partial charge in [0, 0.05) is 18.7 Å². The van der Waals surface area contributed by atoms with E-state index in [0.717, 1.165) is 12.8 Å². The van der Waals surface area contributed by atoms with Crippen molar-refractivity contribution in [3.63, 3.8) is 0 Å². The zero-order valence-corrected chi connectivity index (χ0v) is 16.2. The van der Waals surface area contributed by atoms with E-state index in [-0.39, 0.29) is 24.1 Å². The van der Waals surface area contributed by atoms with Crippen LogP contribution in [0.4, 0.5) is 0 Å². The summed E-state index contributed by atoms with van der Waals surface area (Å²) >= 11 is 11.9. The lowest BCUT2D eigenvalue weighted by atomic mass is 10.2. The highest BCUT2D eigenvalue weighted by Gasteiger charge is 2.20. The molecule has 0 fully saturated rings. The number of carbonyl (C=O) groups is 2. The molecule has 8 heteroatoms. The van der Waals surface area contributed by atoms with Crippen LogP contribution in [0.25, 0.3) is 0 Å². The number of amides is 2. The number of hydrogen-bond donors (Lipinski definition) is 1. The second-order valence-electron chi connectivity index (χ2n) is 5.74. The minimum absolute atomic E-state index is 0.161. The van der Waals surface area contributed by atoms with Gasteiger partial charge in [0.2, 0.25) is 5.89 Å². The zero-order chi connectivity index (χ0) is 19.1. The molecule has 2 amide bonds. The highest BCUT2D eigenvalue weighted by atomic mass is 35.5. The van der Waals surface area contributed by atoms with Gasteiger partial charge in [-0.2, -0.15) is 0 Å². The Morgan fingerprint density at radius 3 is 2.62 bits per heavy atom. The summed E-state index contributed by atoms with van der Waals surface area (Å²) in [4.78, 5) is 30.4. The predicted octanol–water partition coefficient (Wildman–Crippen LogP) is 4.17. The molecule has 0 aliphatic carbocycles. The molecular weight excluding hydrogens is 377 g/mol. The Balaban J connectivity index is 2.12. The van der Waals surface area contributed by atoms with Crippen LogP contribution in [-0.4, -0.2) is 34.8 Å². The second kappa shape index (κ2) is 9.59. The van der Waals surface area contributed by atoms with E-state index in [9.17, 15) is 9.59 Å². The molecule has 0 bridgehead atoms. The van der Waals surface area contributed by atoms with Crippen molar-refractivity contribution in [2.24, 2.45) is 0 Å². The second-order valence-corrected chi connectivity index (χ2v) is 6.55. The summed E-state index contributed by atoms with van der Waals surface area (Å²) in [6.45, 7) is 5.17. The Morgan fingerprint density at radius 1 is 1.19 bits per heavy atom. The predicted molar refractivity (Wildman–Crippen MR) is 101 cm³/mol. The van der Waals surface area contributed by atoms with Gasteiger partial charge in [0.25, 0.3) is 11.8 Å². The molecule has 0 radical (unpaired) electrons. The Hall–Kier alpha value is -2.05. The summed E-state index contributed by atoms with van der Waals surface area (Å²) in [5.74, 6) is -0.200. The fourth-order valence-corrected chi connectivity index (χ4v) is 2.61. The standard InChI is InChI=1S/C18H21Cl2N3O3/c1-3-7-21-17(24)15-11-26-16(22-15)10-23(8-4-2)18(25)12-5-6-13(19)14(20)9-12/h5-6,9,11H,3-4,7-8,10H2,1-2H3,(H,21,24). The molecule has 1 heterocycles. The molecule has 26 heavy (non-hydrogen) atoms. The van der Waals surface area contributed by atoms with E-state index in [1.165, 1.54) is 12.3 Å². The summed E-state index contributed by atoms with van der Waals surface area (Å²) in [6, 6.07) is 4.75. The zero-order valence-electron chi connectivity index (χ0n) is 14.7.